The maximum absolute atomic E-state index is 12.1. The Morgan fingerprint density at radius 2 is 2.12 bits per heavy atom. The number of aliphatic imine (C=N–C) groups is 1. The zero-order chi connectivity index (χ0) is 11.9. The Bertz CT molecular complexity index is 569. The number of nitrogens with zero attached hydrogens (tertiary/aromatic N) is 2. The first-order valence-electron chi connectivity index (χ1n) is 4.38. The fourth-order valence-electron chi connectivity index (χ4n) is 1.40. The molecule has 4 nitrogen and oxygen atoms in total. The molecule has 7 heteroatoms. The Balaban J connectivity index is 2.79. The van der Waals surface area contributed by atoms with Crippen LogP contribution in [0.25, 0.3) is 0 Å². The Labute approximate surface area is 103 Å². The van der Waals surface area contributed by atoms with Gasteiger partial charge >= 0.3 is 0 Å². The van der Waals surface area contributed by atoms with E-state index in [-0.39, 0.29) is 4.90 Å². The topological polar surface area (TPSA) is 49.7 Å². The minimum Gasteiger partial charge on any atom is -0.247 e. The number of sulfonamides is 1. The number of hydrogen-bond donors (Lipinski definition) is 0. The van der Waals surface area contributed by atoms with Crippen molar-refractivity contribution < 1.29 is 8.42 Å². The first-order valence-corrected chi connectivity index (χ1v) is 7.43. The Hall–Kier alpha value is -0.720. The lowest BCUT2D eigenvalue weighted by molar-refractivity contribution is 0.552. The minimum atomic E-state index is -3.51. The molecule has 0 unspecified atom stereocenters. The summed E-state index contributed by atoms with van der Waals surface area (Å²) < 4.78 is 25.4. The molecule has 2 rings (SSSR count). The van der Waals surface area contributed by atoms with Gasteiger partial charge in [0.25, 0.3) is 10.0 Å². The summed E-state index contributed by atoms with van der Waals surface area (Å²) in [5, 5.41) is 0.765. The molecular formula is C9H9ClN2O2S2. The molecular weight excluding hydrogens is 268 g/mol. The molecule has 0 N–H and O–H groups in total. The number of amidine groups is 1. The number of thioether (sulfide) groups is 1. The molecule has 86 valence electrons. The molecule has 16 heavy (non-hydrogen) atoms. The third kappa shape index (κ3) is 1.61. The van der Waals surface area contributed by atoms with Crippen molar-refractivity contribution in [3.05, 3.63) is 23.2 Å². The second kappa shape index (κ2) is 3.94. The van der Waals surface area contributed by atoms with Gasteiger partial charge in [0, 0.05) is 7.05 Å². The van der Waals surface area contributed by atoms with Crippen molar-refractivity contribution in [1.29, 1.82) is 0 Å². The summed E-state index contributed by atoms with van der Waals surface area (Å²) in [6.45, 7) is 0. The number of hydrogen-bond acceptors (Lipinski definition) is 4. The van der Waals surface area contributed by atoms with Crippen molar-refractivity contribution in [1.82, 2.24) is 4.31 Å². The van der Waals surface area contributed by atoms with Crippen LogP contribution in [-0.4, -0.2) is 31.2 Å². The van der Waals surface area contributed by atoms with Crippen LogP contribution in [0.1, 0.15) is 0 Å². The molecule has 0 spiro atoms. The summed E-state index contributed by atoms with van der Waals surface area (Å²) in [4.78, 5) is 4.39. The van der Waals surface area contributed by atoms with E-state index in [0.717, 1.165) is 4.31 Å². The third-order valence-corrected chi connectivity index (χ3v) is 5.18. The van der Waals surface area contributed by atoms with Crippen LogP contribution in [0.15, 0.2) is 28.1 Å². The fourth-order valence-corrected chi connectivity index (χ4v) is 3.83. The van der Waals surface area contributed by atoms with Crippen LogP contribution in [0.2, 0.25) is 5.02 Å². The van der Waals surface area contributed by atoms with E-state index in [1.807, 2.05) is 0 Å². The fraction of sp³-hybridized carbons (Fsp3) is 0.222. The van der Waals surface area contributed by atoms with Crippen molar-refractivity contribution in [2.75, 3.05) is 13.3 Å². The third-order valence-electron chi connectivity index (χ3n) is 2.25. The highest BCUT2D eigenvalue weighted by Crippen LogP contribution is 2.38. The number of fused-ring (bicyclic) bond motifs is 1. The quantitative estimate of drug-likeness (QED) is 0.731. The summed E-state index contributed by atoms with van der Waals surface area (Å²) in [5.74, 6) is 0. The number of benzene rings is 1. The average Bonchev–Trinajstić information content (AvgIpc) is 2.25. The second-order valence-electron chi connectivity index (χ2n) is 3.16. The van der Waals surface area contributed by atoms with Crippen LogP contribution >= 0.6 is 23.4 Å². The molecule has 0 aliphatic carbocycles. The van der Waals surface area contributed by atoms with E-state index in [1.165, 1.54) is 24.9 Å². The van der Waals surface area contributed by atoms with Gasteiger partial charge in [0.1, 0.15) is 10.6 Å². The van der Waals surface area contributed by atoms with Gasteiger partial charge in [0.15, 0.2) is 5.17 Å². The predicted molar refractivity (Wildman–Crippen MR) is 67.0 cm³/mol. The van der Waals surface area contributed by atoms with Crippen molar-refractivity contribution in [3.63, 3.8) is 0 Å². The molecule has 0 saturated carbocycles. The highest BCUT2D eigenvalue weighted by atomic mass is 35.5. The molecule has 1 aromatic rings. The van der Waals surface area contributed by atoms with E-state index in [0.29, 0.717) is 15.9 Å². The molecule has 0 atom stereocenters. The van der Waals surface area contributed by atoms with Crippen LogP contribution in [0, 0.1) is 0 Å². The number of para-hydroxylation sites is 1. The maximum atomic E-state index is 12.1. The van der Waals surface area contributed by atoms with Crippen molar-refractivity contribution in [2.24, 2.45) is 4.99 Å². The highest BCUT2D eigenvalue weighted by molar-refractivity contribution is 8.14. The van der Waals surface area contributed by atoms with E-state index in [9.17, 15) is 8.42 Å². The van der Waals surface area contributed by atoms with Crippen LogP contribution in [-0.2, 0) is 10.0 Å². The van der Waals surface area contributed by atoms with E-state index in [1.54, 1.807) is 18.4 Å². The lowest BCUT2D eigenvalue weighted by Crippen LogP contribution is -2.33. The van der Waals surface area contributed by atoms with Gasteiger partial charge in [-0.3, -0.25) is 0 Å². The summed E-state index contributed by atoms with van der Waals surface area (Å²) in [6.07, 6.45) is 1.77. The monoisotopic (exact) mass is 276 g/mol. The second-order valence-corrected chi connectivity index (χ2v) is 6.28. The lowest BCUT2D eigenvalue weighted by atomic mass is 10.3. The van der Waals surface area contributed by atoms with Gasteiger partial charge in [-0.15, -0.1) is 0 Å². The van der Waals surface area contributed by atoms with Crippen LogP contribution in [0.5, 0.6) is 0 Å². The largest absolute Gasteiger partial charge is 0.267 e. The van der Waals surface area contributed by atoms with E-state index in [4.69, 9.17) is 11.6 Å². The van der Waals surface area contributed by atoms with E-state index in [2.05, 4.69) is 4.99 Å². The van der Waals surface area contributed by atoms with Gasteiger partial charge in [-0.2, -0.15) is 0 Å². The minimum absolute atomic E-state index is 0.153. The molecule has 0 fully saturated rings. The summed E-state index contributed by atoms with van der Waals surface area (Å²) in [5.41, 5.74) is 0.326. The Kier molecular flexibility index (Phi) is 2.90. The van der Waals surface area contributed by atoms with Crippen molar-refractivity contribution in [3.8, 4) is 0 Å². The predicted octanol–water partition coefficient (Wildman–Crippen LogP) is 2.32. The summed E-state index contributed by atoms with van der Waals surface area (Å²) >= 11 is 7.21. The Morgan fingerprint density at radius 1 is 1.44 bits per heavy atom. The van der Waals surface area contributed by atoms with Crippen LogP contribution < -0.4 is 0 Å². The first kappa shape index (κ1) is 11.8. The molecule has 0 radical (unpaired) electrons. The lowest BCUT2D eigenvalue weighted by Gasteiger charge is -2.25. The first-order chi connectivity index (χ1) is 7.48. The maximum Gasteiger partial charge on any atom is 0.267 e. The zero-order valence-corrected chi connectivity index (χ0v) is 11.0. The van der Waals surface area contributed by atoms with Gasteiger partial charge in [0.2, 0.25) is 0 Å². The van der Waals surface area contributed by atoms with E-state index >= 15 is 0 Å². The highest BCUT2D eigenvalue weighted by Gasteiger charge is 2.31. The smallest absolute Gasteiger partial charge is 0.247 e. The standard InChI is InChI=1S/C9H9ClN2O2S2/c1-12-9(15-2)11-8-6(10)4-3-5-7(8)16(12,13)14/h3-5H,1-2H3. The summed E-state index contributed by atoms with van der Waals surface area (Å²) in [7, 11) is -2.03. The van der Waals surface area contributed by atoms with Crippen LogP contribution in [0.3, 0.4) is 0 Å². The molecule has 0 amide bonds. The molecule has 0 saturated heterocycles. The van der Waals surface area contributed by atoms with Gasteiger partial charge in [0.05, 0.1) is 5.02 Å². The van der Waals surface area contributed by atoms with Gasteiger partial charge < -0.3 is 0 Å². The molecule has 0 bridgehead atoms. The molecule has 1 aliphatic rings. The van der Waals surface area contributed by atoms with E-state index < -0.39 is 10.0 Å². The normalized spacial score (nSPS) is 17.9. The van der Waals surface area contributed by atoms with Crippen molar-refractivity contribution in [2.45, 2.75) is 4.90 Å². The average molecular weight is 277 g/mol. The molecule has 1 aromatic carbocycles. The van der Waals surface area contributed by atoms with Gasteiger partial charge in [-0.1, -0.05) is 29.4 Å². The molecule has 1 aliphatic heterocycles. The summed E-state index contributed by atoms with van der Waals surface area (Å²) in [6, 6.07) is 4.74. The molecule has 0 aromatic heterocycles. The van der Waals surface area contributed by atoms with Gasteiger partial charge in [-0.05, 0) is 18.4 Å². The van der Waals surface area contributed by atoms with Gasteiger partial charge in [-0.25, -0.2) is 17.7 Å². The van der Waals surface area contributed by atoms with Crippen molar-refractivity contribution >= 4 is 44.2 Å². The SMILES string of the molecule is CSC1=Nc2c(Cl)cccc2S(=O)(=O)N1C. The molecule has 1 heterocycles. The number of rotatable bonds is 0. The zero-order valence-electron chi connectivity index (χ0n) is 8.64. The number of halogens is 1. The Morgan fingerprint density at radius 3 is 2.75 bits per heavy atom. The van der Waals surface area contributed by atoms with Crippen LogP contribution in [0.4, 0.5) is 5.69 Å².